The smallest absolute Gasteiger partial charge is 0.255 e. The van der Waals surface area contributed by atoms with Crippen LogP contribution in [0.2, 0.25) is 0 Å². The van der Waals surface area contributed by atoms with Gasteiger partial charge in [0.2, 0.25) is 11.8 Å². The van der Waals surface area contributed by atoms with Crippen molar-refractivity contribution in [3.05, 3.63) is 59.2 Å². The van der Waals surface area contributed by atoms with Crippen molar-refractivity contribution in [2.24, 2.45) is 0 Å². The van der Waals surface area contributed by atoms with Crippen LogP contribution in [-0.2, 0) is 20.9 Å². The average Bonchev–Trinajstić information content (AvgIpc) is 3.29. The molecule has 2 aromatic rings. The zero-order chi connectivity index (χ0) is 27.9. The number of likely N-dealkylation sites (tertiary alicyclic amines) is 1. The van der Waals surface area contributed by atoms with Crippen LogP contribution >= 0.6 is 0 Å². The molecule has 4 fully saturated rings. The van der Waals surface area contributed by atoms with Crippen LogP contribution in [0.5, 0.6) is 5.75 Å². The zero-order valence-corrected chi connectivity index (χ0v) is 23.4. The Morgan fingerprint density at radius 3 is 2.59 bits per heavy atom. The third-order valence-electron chi connectivity index (χ3n) is 9.55. The fraction of sp³-hybridized carbons (Fsp3) is 0.531. The number of nitrogens with one attached hydrogen (secondary N) is 1. The van der Waals surface area contributed by atoms with E-state index >= 15 is 0 Å². The van der Waals surface area contributed by atoms with Gasteiger partial charge in [0, 0.05) is 62.4 Å². The fourth-order valence-corrected chi connectivity index (χ4v) is 7.22. The topological polar surface area (TPSA) is 91.4 Å². The van der Waals surface area contributed by atoms with Crippen molar-refractivity contribution >= 4 is 23.4 Å². The largest absolute Gasteiger partial charge is 0.489 e. The average molecular weight is 559 g/mol. The van der Waals surface area contributed by atoms with Crippen molar-refractivity contribution in [3.63, 3.8) is 0 Å². The molecule has 0 bridgehead atoms. The molecule has 4 aliphatic heterocycles. The lowest BCUT2D eigenvalue weighted by atomic mass is 9.84. The van der Waals surface area contributed by atoms with E-state index < -0.39 is 6.04 Å². The zero-order valence-electron chi connectivity index (χ0n) is 23.4. The summed E-state index contributed by atoms with van der Waals surface area (Å²) in [4.78, 5) is 43.6. The van der Waals surface area contributed by atoms with Crippen molar-refractivity contribution in [1.29, 1.82) is 0 Å². The predicted molar refractivity (Wildman–Crippen MR) is 153 cm³/mol. The Hall–Kier alpha value is -3.43. The van der Waals surface area contributed by atoms with E-state index in [0.717, 1.165) is 70.0 Å². The van der Waals surface area contributed by atoms with Crippen molar-refractivity contribution in [2.75, 3.05) is 44.3 Å². The van der Waals surface area contributed by atoms with E-state index in [2.05, 4.69) is 39.4 Å². The van der Waals surface area contributed by atoms with Gasteiger partial charge in [-0.25, -0.2) is 0 Å². The molecule has 1 saturated carbocycles. The number of ether oxygens (including phenoxy) is 2. The second-order valence-corrected chi connectivity index (χ2v) is 12.1. The Labute approximate surface area is 240 Å². The number of carbonyl (C=O) groups excluding carboxylic acids is 3. The highest BCUT2D eigenvalue weighted by Gasteiger charge is 2.41. The van der Waals surface area contributed by atoms with E-state index in [1.54, 1.807) is 4.90 Å². The number of rotatable bonds is 6. The lowest BCUT2D eigenvalue weighted by molar-refractivity contribution is -0.136. The maximum Gasteiger partial charge on any atom is 0.255 e. The Morgan fingerprint density at radius 1 is 0.927 bits per heavy atom. The first-order chi connectivity index (χ1) is 20.0. The lowest BCUT2D eigenvalue weighted by Gasteiger charge is -2.48. The highest BCUT2D eigenvalue weighted by molar-refractivity contribution is 6.05. The van der Waals surface area contributed by atoms with Crippen LogP contribution in [0.15, 0.2) is 42.5 Å². The molecule has 1 unspecified atom stereocenters. The quantitative estimate of drug-likeness (QED) is 0.545. The molecule has 3 saturated heterocycles. The van der Waals surface area contributed by atoms with Crippen LogP contribution in [0.1, 0.15) is 65.9 Å². The molecule has 1 N–H and O–H groups in total. The fourth-order valence-electron chi connectivity index (χ4n) is 7.22. The Kier molecular flexibility index (Phi) is 7.16. The predicted octanol–water partition coefficient (Wildman–Crippen LogP) is 3.07. The molecular weight excluding hydrogens is 520 g/mol. The third kappa shape index (κ3) is 5.21. The summed E-state index contributed by atoms with van der Waals surface area (Å²) in [6.07, 6.45) is 5.28. The summed E-state index contributed by atoms with van der Waals surface area (Å²) >= 11 is 0. The highest BCUT2D eigenvalue weighted by Crippen LogP contribution is 2.37. The molecule has 1 aliphatic carbocycles. The summed E-state index contributed by atoms with van der Waals surface area (Å²) < 4.78 is 12.2. The van der Waals surface area contributed by atoms with Gasteiger partial charge < -0.3 is 19.3 Å². The van der Waals surface area contributed by atoms with Gasteiger partial charge in [-0.15, -0.1) is 0 Å². The SMILES string of the molecule is O=C1CCC(N2Cc3cc(O[C@@H]4CCCC[C@@H]4N4CC(c5cccc(N6CCOCC6)c5)C4)ccc3C2=O)C(=O)N1. The molecule has 41 heavy (non-hydrogen) atoms. The van der Waals surface area contributed by atoms with E-state index in [4.69, 9.17) is 9.47 Å². The molecule has 3 atom stereocenters. The van der Waals surface area contributed by atoms with Crippen molar-refractivity contribution in [1.82, 2.24) is 15.1 Å². The molecule has 9 heteroatoms. The van der Waals surface area contributed by atoms with E-state index in [9.17, 15) is 14.4 Å². The maximum atomic E-state index is 13.1. The lowest BCUT2D eigenvalue weighted by Crippen LogP contribution is -2.57. The first kappa shape index (κ1) is 26.5. The van der Waals surface area contributed by atoms with Gasteiger partial charge in [-0.05, 0) is 67.1 Å². The third-order valence-corrected chi connectivity index (χ3v) is 9.55. The number of hydrogen-bond acceptors (Lipinski definition) is 7. The van der Waals surface area contributed by atoms with Crippen molar-refractivity contribution in [3.8, 4) is 5.75 Å². The molecule has 0 aromatic heterocycles. The second kappa shape index (κ2) is 11.1. The molecule has 4 heterocycles. The van der Waals surface area contributed by atoms with Gasteiger partial charge in [-0.2, -0.15) is 0 Å². The summed E-state index contributed by atoms with van der Waals surface area (Å²) in [5.74, 6) is 0.519. The van der Waals surface area contributed by atoms with Crippen LogP contribution in [-0.4, -0.2) is 85.1 Å². The van der Waals surface area contributed by atoms with Crippen LogP contribution in [0.25, 0.3) is 0 Å². The summed E-state index contributed by atoms with van der Waals surface area (Å²) in [5, 5.41) is 2.37. The number of amides is 3. The van der Waals surface area contributed by atoms with Gasteiger partial charge in [0.15, 0.2) is 0 Å². The molecule has 9 nitrogen and oxygen atoms in total. The number of carbonyl (C=O) groups is 3. The van der Waals surface area contributed by atoms with Gasteiger partial charge in [0.05, 0.1) is 13.2 Å². The molecule has 2 aromatic carbocycles. The second-order valence-electron chi connectivity index (χ2n) is 12.1. The first-order valence-corrected chi connectivity index (χ1v) is 15.1. The molecule has 3 amide bonds. The first-order valence-electron chi connectivity index (χ1n) is 15.1. The highest BCUT2D eigenvalue weighted by atomic mass is 16.5. The van der Waals surface area contributed by atoms with Gasteiger partial charge >= 0.3 is 0 Å². The van der Waals surface area contributed by atoms with Crippen LogP contribution < -0.4 is 15.0 Å². The number of imide groups is 1. The summed E-state index contributed by atoms with van der Waals surface area (Å²) in [6.45, 7) is 5.96. The monoisotopic (exact) mass is 558 g/mol. The van der Waals surface area contributed by atoms with Gasteiger partial charge in [0.1, 0.15) is 17.9 Å². The normalized spacial score (nSPS) is 27.4. The number of morpholine rings is 1. The molecule has 5 aliphatic rings. The standard InChI is InChI=1S/C32H38N4O5/c37-30-11-10-28(31(38)33-30)36-20-22-17-25(8-9-26(22)32(36)39)41-29-7-2-1-6-27(29)35-18-23(19-35)21-4-3-5-24(16-21)34-12-14-40-15-13-34/h3-5,8-9,16-17,23,27-29H,1-2,6-7,10-15,18-20H2,(H,33,37,38)/t27-,28?,29+/m0/s1. The number of hydrogen-bond donors (Lipinski definition) is 1. The number of benzene rings is 2. The van der Waals surface area contributed by atoms with Crippen LogP contribution in [0, 0.1) is 0 Å². The molecular formula is C32H38N4O5. The summed E-state index contributed by atoms with van der Waals surface area (Å²) in [5.41, 5.74) is 4.22. The summed E-state index contributed by atoms with van der Waals surface area (Å²) in [6, 6.07) is 14.5. The number of fused-ring (bicyclic) bond motifs is 1. The number of piperidine rings is 1. The molecule has 7 rings (SSSR count). The molecule has 0 spiro atoms. The molecule has 216 valence electrons. The Balaban J connectivity index is 0.991. The van der Waals surface area contributed by atoms with Crippen molar-refractivity contribution < 1.29 is 23.9 Å². The Morgan fingerprint density at radius 2 is 1.76 bits per heavy atom. The van der Waals surface area contributed by atoms with Gasteiger partial charge in [-0.1, -0.05) is 18.6 Å². The maximum absolute atomic E-state index is 13.1. The minimum Gasteiger partial charge on any atom is -0.489 e. The number of nitrogens with zero attached hydrogens (tertiary/aromatic N) is 3. The minimum absolute atomic E-state index is 0.116. The summed E-state index contributed by atoms with van der Waals surface area (Å²) in [7, 11) is 0. The number of anilines is 1. The van der Waals surface area contributed by atoms with Gasteiger partial charge in [-0.3, -0.25) is 24.6 Å². The molecule has 0 radical (unpaired) electrons. The van der Waals surface area contributed by atoms with E-state index in [1.165, 1.54) is 17.7 Å². The Bertz CT molecular complexity index is 1340. The van der Waals surface area contributed by atoms with Crippen molar-refractivity contribution in [2.45, 2.75) is 69.2 Å². The van der Waals surface area contributed by atoms with Gasteiger partial charge in [0.25, 0.3) is 5.91 Å². The van der Waals surface area contributed by atoms with E-state index in [-0.39, 0.29) is 30.2 Å². The van der Waals surface area contributed by atoms with E-state index in [1.807, 2.05) is 18.2 Å². The van der Waals surface area contributed by atoms with Crippen LogP contribution in [0.3, 0.4) is 0 Å². The van der Waals surface area contributed by atoms with E-state index in [0.29, 0.717) is 30.5 Å². The minimum atomic E-state index is -0.603. The van der Waals surface area contributed by atoms with Crippen LogP contribution in [0.4, 0.5) is 5.69 Å².